The fourth-order valence-corrected chi connectivity index (χ4v) is 11.7. The highest BCUT2D eigenvalue weighted by atomic mass is 35.5. The molecule has 5 aromatic heterocycles. The van der Waals surface area contributed by atoms with Crippen LogP contribution in [0.25, 0.3) is 51.1 Å². The molecule has 0 amide bonds. The maximum Gasteiger partial charge on any atom is 0.188 e. The number of thioether (sulfide) groups is 1. The largest absolute Gasteiger partial charge is 0.495 e. The molecular formula is C53H50ClF2N5O6S6. The van der Waals surface area contributed by atoms with Crippen LogP contribution >= 0.6 is 80.0 Å². The highest BCUT2D eigenvalue weighted by molar-refractivity contribution is 7.98. The van der Waals surface area contributed by atoms with Gasteiger partial charge in [0.15, 0.2) is 29.9 Å². The molecule has 11 aromatic rings. The van der Waals surface area contributed by atoms with E-state index >= 15 is 0 Å². The van der Waals surface area contributed by atoms with Crippen LogP contribution in [0.3, 0.4) is 0 Å². The molecule has 0 unspecified atom stereocenters. The van der Waals surface area contributed by atoms with E-state index in [9.17, 15) is 8.78 Å². The molecule has 0 saturated carbocycles. The van der Waals surface area contributed by atoms with E-state index in [1.165, 1.54) is 58.1 Å². The molecule has 0 saturated heterocycles. The van der Waals surface area contributed by atoms with Crippen LogP contribution in [0.5, 0.6) is 28.7 Å². The van der Waals surface area contributed by atoms with Crippen LogP contribution in [-0.2, 0) is 11.3 Å². The maximum atomic E-state index is 13.5. The van der Waals surface area contributed by atoms with Gasteiger partial charge < -0.3 is 28.4 Å². The normalized spacial score (nSPS) is 10.8. The Hall–Kier alpha value is -5.77. The predicted octanol–water partition coefficient (Wildman–Crippen LogP) is 16.3. The van der Waals surface area contributed by atoms with E-state index in [4.69, 9.17) is 40.0 Å². The molecule has 380 valence electrons. The van der Waals surface area contributed by atoms with Crippen molar-refractivity contribution in [2.45, 2.75) is 46.1 Å². The fourth-order valence-electron chi connectivity index (χ4n) is 6.85. The van der Waals surface area contributed by atoms with Gasteiger partial charge >= 0.3 is 0 Å². The van der Waals surface area contributed by atoms with Gasteiger partial charge in [-0.1, -0.05) is 23.7 Å². The van der Waals surface area contributed by atoms with E-state index in [2.05, 4.69) is 61.5 Å². The van der Waals surface area contributed by atoms with Crippen LogP contribution in [0.2, 0.25) is 5.02 Å². The summed E-state index contributed by atoms with van der Waals surface area (Å²) in [5, 5.41) is 5.61. The molecule has 0 aliphatic heterocycles. The van der Waals surface area contributed by atoms with Gasteiger partial charge in [0.25, 0.3) is 0 Å². The minimum Gasteiger partial charge on any atom is -0.495 e. The minimum atomic E-state index is -0.361. The summed E-state index contributed by atoms with van der Waals surface area (Å²) in [5.41, 5.74) is 5.58. The zero-order chi connectivity index (χ0) is 52.2. The Bertz CT molecular complexity index is 3510. The first-order valence-corrected chi connectivity index (χ1v) is 27.8. The molecule has 11 nitrogen and oxygen atoms in total. The number of fused-ring (bicyclic) bond motifs is 5. The smallest absolute Gasteiger partial charge is 0.188 e. The van der Waals surface area contributed by atoms with Crippen LogP contribution in [0, 0.1) is 46.3 Å². The van der Waals surface area contributed by atoms with Gasteiger partial charge in [0.1, 0.15) is 23.9 Å². The summed E-state index contributed by atoms with van der Waals surface area (Å²) in [6.07, 6.45) is 2.08. The van der Waals surface area contributed by atoms with E-state index in [-0.39, 0.29) is 29.9 Å². The molecule has 0 bridgehead atoms. The SMILES string of the molecule is COCOc1ccc2nc(C)sc2c1.COc1cc2sc(C)nc2cc1Cl.COc1cc2sc(C)nc2cc1F.COc1ccc2nc(C)sc2c1F.CSc1ccc(COc2ccc3nc(C)sc3c2)cc1. The number of rotatable bonds is 10. The summed E-state index contributed by atoms with van der Waals surface area (Å²) in [6.45, 7) is 10.6. The first-order valence-electron chi connectivity index (χ1n) is 22.1. The molecule has 0 fully saturated rings. The monoisotopic (exact) mass is 1120 g/mol. The summed E-state index contributed by atoms with van der Waals surface area (Å²) < 4.78 is 62.5. The van der Waals surface area contributed by atoms with Crippen molar-refractivity contribution in [1.29, 1.82) is 0 Å². The Morgan fingerprint density at radius 1 is 0.493 bits per heavy atom. The summed E-state index contributed by atoms with van der Waals surface area (Å²) in [6, 6.07) is 30.6. The third-order valence-electron chi connectivity index (χ3n) is 10.2. The molecule has 11 rings (SSSR count). The molecular weight excluding hydrogens is 1070 g/mol. The molecule has 0 radical (unpaired) electrons. The van der Waals surface area contributed by atoms with Gasteiger partial charge in [-0.05, 0) is 113 Å². The Morgan fingerprint density at radius 2 is 0.959 bits per heavy atom. The number of halogens is 3. The first kappa shape index (κ1) is 55.0. The maximum absolute atomic E-state index is 13.5. The average molecular weight is 1120 g/mol. The number of aromatic nitrogens is 5. The van der Waals surface area contributed by atoms with E-state index < -0.39 is 0 Å². The zero-order valence-corrected chi connectivity index (χ0v) is 47.1. The molecule has 20 heteroatoms. The van der Waals surface area contributed by atoms with Crippen molar-refractivity contribution in [3.63, 3.8) is 0 Å². The Balaban J connectivity index is 0.000000135. The van der Waals surface area contributed by atoms with Crippen LogP contribution < -0.4 is 23.7 Å². The number of hydrogen-bond donors (Lipinski definition) is 0. The van der Waals surface area contributed by atoms with Crippen molar-refractivity contribution >= 4 is 131 Å². The predicted molar refractivity (Wildman–Crippen MR) is 301 cm³/mol. The van der Waals surface area contributed by atoms with Crippen LogP contribution in [-0.4, -0.2) is 66.4 Å². The van der Waals surface area contributed by atoms with E-state index in [1.807, 2.05) is 77.1 Å². The highest BCUT2D eigenvalue weighted by Gasteiger charge is 2.12. The Morgan fingerprint density at radius 3 is 1.49 bits per heavy atom. The van der Waals surface area contributed by atoms with Crippen LogP contribution in [0.4, 0.5) is 8.78 Å². The lowest BCUT2D eigenvalue weighted by molar-refractivity contribution is 0.0512. The molecule has 0 aliphatic carbocycles. The van der Waals surface area contributed by atoms with Gasteiger partial charge in [0.05, 0.1) is 102 Å². The van der Waals surface area contributed by atoms with E-state index in [1.54, 1.807) is 78.2 Å². The van der Waals surface area contributed by atoms with Gasteiger partial charge in [0.2, 0.25) is 0 Å². The van der Waals surface area contributed by atoms with Gasteiger partial charge in [-0.15, -0.1) is 68.4 Å². The number of aryl methyl sites for hydroxylation is 5. The molecule has 0 N–H and O–H groups in total. The Kier molecular flexibility index (Phi) is 19.5. The molecule has 5 heterocycles. The number of nitrogens with zero attached hydrogens (tertiary/aromatic N) is 5. The van der Waals surface area contributed by atoms with Gasteiger partial charge in [-0.2, -0.15) is 0 Å². The van der Waals surface area contributed by atoms with Crippen molar-refractivity contribution < 1.29 is 37.2 Å². The molecule has 0 aliphatic rings. The second-order valence-electron chi connectivity index (χ2n) is 15.5. The topological polar surface area (TPSA) is 120 Å². The van der Waals surface area contributed by atoms with Crippen LogP contribution in [0.1, 0.15) is 30.6 Å². The fraction of sp³-hybridized carbons (Fsp3) is 0.226. The lowest BCUT2D eigenvalue weighted by Crippen LogP contribution is -1.98. The lowest BCUT2D eigenvalue weighted by atomic mass is 10.2. The van der Waals surface area contributed by atoms with Crippen molar-refractivity contribution in [2.24, 2.45) is 0 Å². The molecule has 0 spiro atoms. The summed E-state index contributed by atoms with van der Waals surface area (Å²) in [7, 11) is 6.13. The lowest BCUT2D eigenvalue weighted by Gasteiger charge is -2.06. The van der Waals surface area contributed by atoms with Gasteiger partial charge in [-0.25, -0.2) is 33.7 Å². The number of hydrogen-bond acceptors (Lipinski definition) is 17. The molecule has 0 atom stereocenters. The van der Waals surface area contributed by atoms with Gasteiger partial charge in [0, 0.05) is 30.2 Å². The van der Waals surface area contributed by atoms with Gasteiger partial charge in [-0.3, -0.25) is 0 Å². The van der Waals surface area contributed by atoms with Crippen molar-refractivity contribution in [3.8, 4) is 28.7 Å². The van der Waals surface area contributed by atoms with Crippen molar-refractivity contribution in [1.82, 2.24) is 24.9 Å². The second kappa shape index (κ2) is 25.9. The second-order valence-corrected chi connectivity index (χ2v) is 22.9. The van der Waals surface area contributed by atoms with Crippen molar-refractivity contribution in [3.05, 3.63) is 144 Å². The van der Waals surface area contributed by atoms with Crippen LogP contribution in [0.15, 0.2) is 102 Å². The number of benzene rings is 6. The number of thiazole rings is 5. The Labute approximate surface area is 450 Å². The number of ether oxygens (including phenoxy) is 6. The van der Waals surface area contributed by atoms with E-state index in [0.717, 1.165) is 67.2 Å². The third-order valence-corrected chi connectivity index (χ3v) is 15.9. The standard InChI is InChI=1S/C16H15NOS2.C10H11NO2S.C9H8ClNOS.2C9H8FNOS/c1-11-17-15-8-5-13(9-16(15)20-11)18-10-12-3-6-14(19-2)7-4-12;1-7-11-9-4-3-8(13-6-12-2)5-10(9)14-7;2*1-5-11-7-3-6(10)8(12-2)4-9(7)13-5;1-5-11-6-3-4-7(12-2)8(10)9(6)13-5/h3-9H,10H2,1-2H3;3-5H,6H2,1-2H3;3*3-4H,1-2H3. The average Bonchev–Trinajstić information content (AvgIpc) is 4.22. The number of methoxy groups -OCH3 is 4. The summed E-state index contributed by atoms with van der Waals surface area (Å²) >= 11 is 15.6. The molecule has 6 aromatic carbocycles. The summed E-state index contributed by atoms with van der Waals surface area (Å²) in [5.74, 6) is 2.30. The minimum absolute atomic E-state index is 0.274. The van der Waals surface area contributed by atoms with Crippen molar-refractivity contribution in [2.75, 3.05) is 41.5 Å². The summed E-state index contributed by atoms with van der Waals surface area (Å²) in [4.78, 5) is 22.8. The van der Waals surface area contributed by atoms with E-state index in [0.29, 0.717) is 33.1 Å². The quantitative estimate of drug-likeness (QED) is 0.0958. The molecule has 73 heavy (non-hydrogen) atoms. The zero-order valence-electron chi connectivity index (χ0n) is 41.4. The third kappa shape index (κ3) is 14.7. The highest BCUT2D eigenvalue weighted by Crippen LogP contribution is 2.34. The first-order chi connectivity index (χ1) is 35.2.